The van der Waals surface area contributed by atoms with Gasteiger partial charge in [0.1, 0.15) is 30.5 Å². The summed E-state index contributed by atoms with van der Waals surface area (Å²) < 4.78 is 22.8. The quantitative estimate of drug-likeness (QED) is 0.252. The summed E-state index contributed by atoms with van der Waals surface area (Å²) in [7, 11) is 1.42. The summed E-state index contributed by atoms with van der Waals surface area (Å²) in [6, 6.07) is 8.03. The predicted molar refractivity (Wildman–Crippen MR) is 125 cm³/mol. The molecule has 36 heavy (non-hydrogen) atoms. The first-order chi connectivity index (χ1) is 17.3. The van der Waals surface area contributed by atoms with Gasteiger partial charge in [0.25, 0.3) is 0 Å². The number of phenols is 1. The van der Waals surface area contributed by atoms with Crippen LogP contribution >= 0.6 is 0 Å². The Hall–Kier alpha value is -2.90. The van der Waals surface area contributed by atoms with E-state index in [0.29, 0.717) is 16.7 Å². The molecule has 2 aromatic rings. The molecule has 1 saturated heterocycles. The zero-order valence-electron chi connectivity index (χ0n) is 19.5. The van der Waals surface area contributed by atoms with Crippen molar-refractivity contribution in [2.24, 2.45) is 0 Å². The number of hydrogen-bond acceptors (Lipinski definition) is 11. The highest BCUT2D eigenvalue weighted by molar-refractivity contribution is 5.62. The van der Waals surface area contributed by atoms with Crippen molar-refractivity contribution in [2.45, 2.75) is 42.7 Å². The van der Waals surface area contributed by atoms with Gasteiger partial charge in [-0.05, 0) is 35.4 Å². The van der Waals surface area contributed by atoms with Gasteiger partial charge in [0.15, 0.2) is 23.0 Å². The van der Waals surface area contributed by atoms with Gasteiger partial charge in [-0.3, -0.25) is 0 Å². The molecule has 7 N–H and O–H groups in total. The number of fused-ring (bicyclic) bond motifs is 1. The second kappa shape index (κ2) is 11.0. The Morgan fingerprint density at radius 1 is 0.944 bits per heavy atom. The largest absolute Gasteiger partial charge is 0.504 e. The molecule has 0 bridgehead atoms. The zero-order valence-corrected chi connectivity index (χ0v) is 19.5. The van der Waals surface area contributed by atoms with Gasteiger partial charge in [-0.25, -0.2) is 0 Å². The van der Waals surface area contributed by atoms with Crippen molar-refractivity contribution in [1.82, 2.24) is 0 Å². The highest BCUT2D eigenvalue weighted by Gasteiger charge is 2.46. The Kier molecular flexibility index (Phi) is 8.00. The third kappa shape index (κ3) is 4.87. The Morgan fingerprint density at radius 2 is 1.72 bits per heavy atom. The van der Waals surface area contributed by atoms with E-state index < -0.39 is 49.3 Å². The number of phenolic OH excluding ortho intramolecular Hbond substituents is 1. The Morgan fingerprint density at radius 3 is 2.39 bits per heavy atom. The fraction of sp³-hybridized carbons (Fsp3) is 0.440. The van der Waals surface area contributed by atoms with Crippen LogP contribution < -0.4 is 14.2 Å². The molecule has 0 saturated carbocycles. The highest BCUT2D eigenvalue weighted by atomic mass is 16.7. The molecule has 0 spiro atoms. The number of benzene rings is 2. The minimum atomic E-state index is -1.64. The smallest absolute Gasteiger partial charge is 0.229 e. The van der Waals surface area contributed by atoms with Gasteiger partial charge in [-0.2, -0.15) is 0 Å². The first kappa shape index (κ1) is 26.2. The molecule has 7 atom stereocenters. The molecule has 7 unspecified atom stereocenters. The second-order valence-electron chi connectivity index (χ2n) is 8.60. The van der Waals surface area contributed by atoms with E-state index >= 15 is 0 Å². The van der Waals surface area contributed by atoms with Crippen molar-refractivity contribution in [2.75, 3.05) is 26.9 Å². The van der Waals surface area contributed by atoms with Crippen molar-refractivity contribution in [3.8, 4) is 23.0 Å². The summed E-state index contributed by atoms with van der Waals surface area (Å²) in [6.45, 7) is -1.13. The second-order valence-corrected chi connectivity index (χ2v) is 8.60. The molecule has 11 heteroatoms. The molecule has 0 radical (unpaired) electrons. The summed E-state index contributed by atoms with van der Waals surface area (Å²) in [5, 5.41) is 69.6. The number of rotatable bonds is 8. The van der Waals surface area contributed by atoms with Crippen LogP contribution in [0, 0.1) is 0 Å². The Labute approximate surface area is 207 Å². The molecule has 11 nitrogen and oxygen atoms in total. The standard InChI is InChI=1S/C25H30O11/c1-33-17-9-13(4-5-16(17)29)23-15(10-27)14-7-12(3-2-6-26)8-18(24(14)36-23)34-25-22(32)21(31)20(30)19(11-28)35-25/h2-5,7-9,15,19-23,25-32H,6,10-11H2,1H3. The van der Waals surface area contributed by atoms with Gasteiger partial charge in [-0.15, -0.1) is 0 Å². The molecular formula is C25H30O11. The van der Waals surface area contributed by atoms with Crippen LogP contribution in [0.4, 0.5) is 0 Å². The van der Waals surface area contributed by atoms with Crippen molar-refractivity contribution in [3.63, 3.8) is 0 Å². The van der Waals surface area contributed by atoms with E-state index in [9.17, 15) is 35.7 Å². The van der Waals surface area contributed by atoms with Crippen LogP contribution in [0.15, 0.2) is 36.4 Å². The van der Waals surface area contributed by atoms with Crippen molar-refractivity contribution in [1.29, 1.82) is 0 Å². The highest BCUT2D eigenvalue weighted by Crippen LogP contribution is 2.52. The molecule has 0 aliphatic carbocycles. The summed E-state index contributed by atoms with van der Waals surface area (Å²) in [5.41, 5.74) is 1.79. The van der Waals surface area contributed by atoms with Crippen LogP contribution in [-0.2, 0) is 4.74 Å². The fourth-order valence-electron chi connectivity index (χ4n) is 4.45. The van der Waals surface area contributed by atoms with Crippen LogP contribution in [0.1, 0.15) is 28.7 Å². The molecule has 196 valence electrons. The van der Waals surface area contributed by atoms with Gasteiger partial charge < -0.3 is 54.7 Å². The number of aliphatic hydroxyl groups is 6. The predicted octanol–water partition coefficient (Wildman–Crippen LogP) is -0.205. The van der Waals surface area contributed by atoms with Gasteiger partial charge >= 0.3 is 0 Å². The molecule has 1 fully saturated rings. The molecule has 0 amide bonds. The van der Waals surface area contributed by atoms with Crippen molar-refractivity contribution in [3.05, 3.63) is 53.1 Å². The number of aromatic hydroxyl groups is 1. The SMILES string of the molecule is COc1cc(C2Oc3c(OC4OC(CO)C(O)C(O)C4O)cc(C=CCO)cc3C2CO)ccc1O. The molecule has 4 rings (SSSR count). The average Bonchev–Trinajstić information content (AvgIpc) is 3.26. The van der Waals surface area contributed by atoms with Crippen LogP contribution in [0.3, 0.4) is 0 Å². The molecule has 2 aliphatic rings. The van der Waals surface area contributed by atoms with E-state index in [0.717, 1.165) is 0 Å². The van der Waals surface area contributed by atoms with Gasteiger partial charge in [0.05, 0.1) is 32.8 Å². The molecule has 2 aromatic carbocycles. The Bertz CT molecular complexity index is 1090. The van der Waals surface area contributed by atoms with Gasteiger partial charge in [-0.1, -0.05) is 18.2 Å². The fourth-order valence-corrected chi connectivity index (χ4v) is 4.45. The summed E-state index contributed by atoms with van der Waals surface area (Å²) in [5.74, 6) is -0.00679. The van der Waals surface area contributed by atoms with Crippen molar-refractivity contribution >= 4 is 6.08 Å². The maximum absolute atomic E-state index is 10.4. The lowest BCUT2D eigenvalue weighted by Crippen LogP contribution is -2.60. The van der Waals surface area contributed by atoms with Crippen LogP contribution in [-0.4, -0.2) is 93.4 Å². The molecule has 2 heterocycles. The van der Waals surface area contributed by atoms with E-state index in [-0.39, 0.29) is 36.2 Å². The molecule has 2 aliphatic heterocycles. The van der Waals surface area contributed by atoms with E-state index in [1.807, 2.05) is 0 Å². The Balaban J connectivity index is 1.73. The van der Waals surface area contributed by atoms with E-state index in [1.54, 1.807) is 30.3 Å². The normalized spacial score (nSPS) is 29.7. The van der Waals surface area contributed by atoms with Crippen LogP contribution in [0.25, 0.3) is 6.08 Å². The maximum Gasteiger partial charge on any atom is 0.229 e. The molecule has 0 aromatic heterocycles. The minimum absolute atomic E-state index is 0.0552. The number of hydrogen-bond donors (Lipinski definition) is 7. The van der Waals surface area contributed by atoms with Gasteiger partial charge in [0.2, 0.25) is 6.29 Å². The third-order valence-corrected chi connectivity index (χ3v) is 6.35. The number of methoxy groups -OCH3 is 1. The van der Waals surface area contributed by atoms with Crippen LogP contribution in [0.5, 0.6) is 23.0 Å². The molecular weight excluding hydrogens is 476 g/mol. The average molecular weight is 507 g/mol. The minimum Gasteiger partial charge on any atom is -0.504 e. The lowest BCUT2D eigenvalue weighted by Gasteiger charge is -2.39. The van der Waals surface area contributed by atoms with Crippen molar-refractivity contribution < 1.29 is 54.7 Å². The van der Waals surface area contributed by atoms with Gasteiger partial charge in [0, 0.05) is 5.56 Å². The zero-order chi connectivity index (χ0) is 26.0. The lowest BCUT2D eigenvalue weighted by atomic mass is 9.90. The van der Waals surface area contributed by atoms with E-state index in [2.05, 4.69) is 0 Å². The van der Waals surface area contributed by atoms with E-state index in [4.69, 9.17) is 18.9 Å². The van der Waals surface area contributed by atoms with E-state index in [1.165, 1.54) is 19.3 Å². The maximum atomic E-state index is 10.4. The topological polar surface area (TPSA) is 179 Å². The third-order valence-electron chi connectivity index (χ3n) is 6.35. The summed E-state index contributed by atoms with van der Waals surface area (Å²) >= 11 is 0. The summed E-state index contributed by atoms with van der Waals surface area (Å²) in [4.78, 5) is 0. The van der Waals surface area contributed by atoms with Crippen LogP contribution in [0.2, 0.25) is 0 Å². The first-order valence-electron chi connectivity index (χ1n) is 11.4. The summed E-state index contributed by atoms with van der Waals surface area (Å²) in [6.07, 6.45) is -4.98. The lowest BCUT2D eigenvalue weighted by molar-refractivity contribution is -0.277. The number of ether oxygens (including phenoxy) is 4. The number of aliphatic hydroxyl groups excluding tert-OH is 6. The monoisotopic (exact) mass is 506 g/mol. The first-order valence-corrected chi connectivity index (χ1v) is 11.4.